The molecular formula is C16H25F3IN5O2. The van der Waals surface area contributed by atoms with Crippen LogP contribution in [0.15, 0.2) is 23.3 Å². The molecule has 0 saturated carbocycles. The number of aromatic nitrogens is 1. The van der Waals surface area contributed by atoms with Crippen molar-refractivity contribution in [1.82, 2.24) is 20.9 Å². The number of alkyl halides is 3. The van der Waals surface area contributed by atoms with Crippen LogP contribution < -0.4 is 20.7 Å². The predicted octanol–water partition coefficient (Wildman–Crippen LogP) is 2.22. The molecule has 0 aliphatic heterocycles. The fourth-order valence-corrected chi connectivity index (χ4v) is 1.79. The average Bonchev–Trinajstić information content (AvgIpc) is 2.51. The van der Waals surface area contributed by atoms with Gasteiger partial charge in [0.05, 0.1) is 6.54 Å². The number of aliphatic imine (C=N–C) groups is 1. The summed E-state index contributed by atoms with van der Waals surface area (Å²) in [5, 5.41) is 8.66. The summed E-state index contributed by atoms with van der Waals surface area (Å²) < 4.78 is 40.8. The lowest BCUT2D eigenvalue weighted by Crippen LogP contribution is -2.48. The number of rotatable bonds is 6. The third kappa shape index (κ3) is 12.3. The van der Waals surface area contributed by atoms with Crippen molar-refractivity contribution < 1.29 is 22.7 Å². The van der Waals surface area contributed by atoms with Crippen molar-refractivity contribution in [3.05, 3.63) is 23.9 Å². The average molecular weight is 503 g/mol. The SMILES string of the molecule is CN=C(NCC(=O)NC(C)(C)C)NCc1ccc(OCC(F)(F)F)nc1.I. The molecule has 1 rings (SSSR count). The number of ether oxygens (including phenoxy) is 1. The fraction of sp³-hybridized carbons (Fsp3) is 0.562. The van der Waals surface area contributed by atoms with E-state index in [-0.39, 0.29) is 47.8 Å². The monoisotopic (exact) mass is 503 g/mol. The van der Waals surface area contributed by atoms with Gasteiger partial charge in [0, 0.05) is 31.4 Å². The van der Waals surface area contributed by atoms with E-state index in [1.165, 1.54) is 12.3 Å². The van der Waals surface area contributed by atoms with Gasteiger partial charge in [-0.05, 0) is 26.3 Å². The van der Waals surface area contributed by atoms with Crippen molar-refractivity contribution in [3.63, 3.8) is 0 Å². The van der Waals surface area contributed by atoms with Crippen molar-refractivity contribution in [2.24, 2.45) is 4.99 Å². The number of carbonyl (C=O) groups is 1. The molecule has 1 aromatic heterocycles. The van der Waals surface area contributed by atoms with Crippen molar-refractivity contribution in [3.8, 4) is 5.88 Å². The van der Waals surface area contributed by atoms with Gasteiger partial charge in [0.1, 0.15) is 0 Å². The van der Waals surface area contributed by atoms with E-state index in [9.17, 15) is 18.0 Å². The second kappa shape index (κ2) is 11.1. The first kappa shape index (κ1) is 25.2. The Labute approximate surface area is 173 Å². The molecule has 0 fully saturated rings. The first-order valence-electron chi connectivity index (χ1n) is 7.88. The number of halogens is 4. The van der Waals surface area contributed by atoms with Crippen LogP contribution >= 0.6 is 24.0 Å². The summed E-state index contributed by atoms with van der Waals surface area (Å²) in [5.41, 5.74) is 0.392. The molecule has 27 heavy (non-hydrogen) atoms. The summed E-state index contributed by atoms with van der Waals surface area (Å²) in [6.45, 7) is 4.64. The van der Waals surface area contributed by atoms with Crippen LogP contribution in [-0.2, 0) is 11.3 Å². The van der Waals surface area contributed by atoms with Crippen LogP contribution in [0.25, 0.3) is 0 Å². The number of hydrogen-bond acceptors (Lipinski definition) is 4. The number of guanidine groups is 1. The maximum atomic E-state index is 12.1. The molecule has 0 aliphatic rings. The van der Waals surface area contributed by atoms with Gasteiger partial charge >= 0.3 is 6.18 Å². The van der Waals surface area contributed by atoms with Gasteiger partial charge in [0.2, 0.25) is 11.8 Å². The molecule has 1 heterocycles. The summed E-state index contributed by atoms with van der Waals surface area (Å²) in [6.07, 6.45) is -3.00. The summed E-state index contributed by atoms with van der Waals surface area (Å²) in [7, 11) is 1.56. The third-order valence-corrected chi connectivity index (χ3v) is 2.80. The summed E-state index contributed by atoms with van der Waals surface area (Å²) >= 11 is 0. The molecular weight excluding hydrogens is 478 g/mol. The minimum atomic E-state index is -4.40. The minimum absolute atomic E-state index is 0. The predicted molar refractivity (Wildman–Crippen MR) is 107 cm³/mol. The molecule has 0 aliphatic carbocycles. The Morgan fingerprint density at radius 1 is 1.22 bits per heavy atom. The van der Waals surface area contributed by atoms with E-state index < -0.39 is 12.8 Å². The van der Waals surface area contributed by atoms with E-state index in [0.29, 0.717) is 18.1 Å². The zero-order chi connectivity index (χ0) is 19.8. The van der Waals surface area contributed by atoms with Crippen molar-refractivity contribution in [2.75, 3.05) is 20.2 Å². The molecule has 0 radical (unpaired) electrons. The van der Waals surface area contributed by atoms with Crippen molar-refractivity contribution in [2.45, 2.75) is 39.0 Å². The summed E-state index contributed by atoms with van der Waals surface area (Å²) in [4.78, 5) is 19.6. The number of hydrogen-bond donors (Lipinski definition) is 3. The first-order chi connectivity index (χ1) is 12.0. The maximum absolute atomic E-state index is 12.1. The topological polar surface area (TPSA) is 87.6 Å². The van der Waals surface area contributed by atoms with Crippen LogP contribution in [0.2, 0.25) is 0 Å². The lowest BCUT2D eigenvalue weighted by atomic mass is 10.1. The van der Waals surface area contributed by atoms with Crippen molar-refractivity contribution in [1.29, 1.82) is 0 Å². The molecule has 154 valence electrons. The molecule has 11 heteroatoms. The number of nitrogens with one attached hydrogen (secondary N) is 3. The molecule has 0 atom stereocenters. The Balaban J connectivity index is 0.00000676. The van der Waals surface area contributed by atoms with Gasteiger partial charge in [-0.25, -0.2) is 4.98 Å². The van der Waals surface area contributed by atoms with Gasteiger partial charge in [0.25, 0.3) is 0 Å². The Hall–Kier alpha value is -1.79. The lowest BCUT2D eigenvalue weighted by molar-refractivity contribution is -0.154. The highest BCUT2D eigenvalue weighted by molar-refractivity contribution is 14.0. The van der Waals surface area contributed by atoms with E-state index >= 15 is 0 Å². The Morgan fingerprint density at radius 3 is 2.37 bits per heavy atom. The van der Waals surface area contributed by atoms with Crippen LogP contribution in [-0.4, -0.2) is 48.8 Å². The number of nitrogens with zero attached hydrogens (tertiary/aromatic N) is 2. The first-order valence-corrected chi connectivity index (χ1v) is 7.88. The summed E-state index contributed by atoms with van der Waals surface area (Å²) in [6, 6.07) is 2.95. The number of pyridine rings is 1. The molecule has 0 unspecified atom stereocenters. The molecule has 0 spiro atoms. The van der Waals surface area contributed by atoms with E-state index in [2.05, 4.69) is 30.7 Å². The normalized spacial score (nSPS) is 12.0. The standard InChI is InChI=1S/C16H24F3N5O2.HI/c1-15(2,3)24-12(25)9-23-14(20-4)22-8-11-5-6-13(21-7-11)26-10-16(17,18)19;/h5-7H,8-10H2,1-4H3,(H,24,25)(H2,20,22,23);1H. The van der Waals surface area contributed by atoms with Gasteiger partial charge in [-0.15, -0.1) is 24.0 Å². The smallest absolute Gasteiger partial charge is 0.422 e. The summed E-state index contributed by atoms with van der Waals surface area (Å²) in [5.74, 6) is 0.132. The van der Waals surface area contributed by atoms with E-state index in [1.807, 2.05) is 20.8 Å². The second-order valence-corrected chi connectivity index (χ2v) is 6.49. The second-order valence-electron chi connectivity index (χ2n) is 6.49. The zero-order valence-electron chi connectivity index (χ0n) is 15.6. The van der Waals surface area contributed by atoms with Gasteiger partial charge in [-0.3, -0.25) is 9.79 Å². The lowest BCUT2D eigenvalue weighted by Gasteiger charge is -2.21. The minimum Gasteiger partial charge on any atom is -0.468 e. The quantitative estimate of drug-likeness (QED) is 0.315. The van der Waals surface area contributed by atoms with E-state index in [4.69, 9.17) is 0 Å². The van der Waals surface area contributed by atoms with Crippen LogP contribution in [0.4, 0.5) is 13.2 Å². The van der Waals surface area contributed by atoms with Gasteiger partial charge in [0.15, 0.2) is 12.6 Å². The fourth-order valence-electron chi connectivity index (χ4n) is 1.79. The van der Waals surface area contributed by atoms with E-state index in [1.54, 1.807) is 13.1 Å². The molecule has 0 saturated heterocycles. The molecule has 7 nitrogen and oxygen atoms in total. The van der Waals surface area contributed by atoms with E-state index in [0.717, 1.165) is 0 Å². The van der Waals surface area contributed by atoms with Crippen LogP contribution in [0, 0.1) is 0 Å². The molecule has 1 amide bonds. The van der Waals surface area contributed by atoms with Crippen LogP contribution in [0.1, 0.15) is 26.3 Å². The highest BCUT2D eigenvalue weighted by atomic mass is 127. The molecule has 0 aromatic carbocycles. The highest BCUT2D eigenvalue weighted by Gasteiger charge is 2.28. The van der Waals surface area contributed by atoms with Crippen LogP contribution in [0.3, 0.4) is 0 Å². The zero-order valence-corrected chi connectivity index (χ0v) is 17.9. The number of carbonyl (C=O) groups excluding carboxylic acids is 1. The Kier molecular flexibility index (Phi) is 10.4. The third-order valence-electron chi connectivity index (χ3n) is 2.80. The molecule has 1 aromatic rings. The van der Waals surface area contributed by atoms with Gasteiger partial charge in [-0.2, -0.15) is 13.2 Å². The van der Waals surface area contributed by atoms with Crippen molar-refractivity contribution >= 4 is 35.8 Å². The Bertz CT molecular complexity index is 616. The molecule has 0 bridgehead atoms. The van der Waals surface area contributed by atoms with Gasteiger partial charge < -0.3 is 20.7 Å². The maximum Gasteiger partial charge on any atom is 0.422 e. The number of amides is 1. The largest absolute Gasteiger partial charge is 0.468 e. The van der Waals surface area contributed by atoms with Gasteiger partial charge in [-0.1, -0.05) is 6.07 Å². The molecule has 3 N–H and O–H groups in total. The highest BCUT2D eigenvalue weighted by Crippen LogP contribution is 2.16. The van der Waals surface area contributed by atoms with Crippen LogP contribution in [0.5, 0.6) is 5.88 Å². The Morgan fingerprint density at radius 2 is 1.89 bits per heavy atom.